The van der Waals surface area contributed by atoms with Crippen molar-refractivity contribution in [1.82, 2.24) is 0 Å². The van der Waals surface area contributed by atoms with E-state index in [0.29, 0.717) is 32.7 Å². The molecular weight excluding hydrogens is 283 g/mol. The molecule has 0 spiro atoms. The summed E-state index contributed by atoms with van der Waals surface area (Å²) in [6.45, 7) is 0. The average molecular weight is 293 g/mol. The largest absolute Gasteiger partial charge is 0.497 e. The van der Waals surface area contributed by atoms with Crippen LogP contribution >= 0.6 is 23.2 Å². The molecule has 1 N–H and O–H groups in total. The Kier molecular flexibility index (Phi) is 4.16. The van der Waals surface area contributed by atoms with Gasteiger partial charge in [0.15, 0.2) is 0 Å². The van der Waals surface area contributed by atoms with E-state index in [-0.39, 0.29) is 0 Å². The lowest BCUT2D eigenvalue weighted by molar-refractivity contribution is 0.415. The van der Waals surface area contributed by atoms with E-state index in [0.717, 1.165) is 0 Å². The number of methoxy groups -OCH3 is 1. The molecule has 0 bridgehead atoms. The van der Waals surface area contributed by atoms with Crippen LogP contribution in [0.2, 0.25) is 10.0 Å². The van der Waals surface area contributed by atoms with Gasteiger partial charge >= 0.3 is 0 Å². The number of ether oxygens (including phenoxy) is 1. The van der Waals surface area contributed by atoms with Crippen molar-refractivity contribution in [3.63, 3.8) is 0 Å². The van der Waals surface area contributed by atoms with Crippen molar-refractivity contribution in [2.24, 2.45) is 0 Å². The second kappa shape index (κ2) is 5.83. The summed E-state index contributed by atoms with van der Waals surface area (Å²) in [7, 11) is 1.57. The van der Waals surface area contributed by atoms with Gasteiger partial charge in [-0.1, -0.05) is 23.2 Å². The van der Waals surface area contributed by atoms with Crippen LogP contribution in [0.15, 0.2) is 36.4 Å². The Balaban J connectivity index is 2.39. The number of halogens is 2. The van der Waals surface area contributed by atoms with Gasteiger partial charge in [0.25, 0.3) is 0 Å². The molecule has 0 amide bonds. The number of nitrogens with one attached hydrogen (secondary N) is 1. The van der Waals surface area contributed by atoms with Gasteiger partial charge in [-0.15, -0.1) is 0 Å². The van der Waals surface area contributed by atoms with E-state index in [2.05, 4.69) is 11.4 Å². The van der Waals surface area contributed by atoms with E-state index in [1.165, 1.54) is 0 Å². The summed E-state index contributed by atoms with van der Waals surface area (Å²) in [6.07, 6.45) is 0. The molecule has 2 rings (SSSR count). The smallest absolute Gasteiger partial charge is 0.121 e. The van der Waals surface area contributed by atoms with Crippen LogP contribution in [0, 0.1) is 11.3 Å². The third kappa shape index (κ3) is 3.11. The minimum absolute atomic E-state index is 0.485. The summed E-state index contributed by atoms with van der Waals surface area (Å²) in [5, 5.41) is 13.2. The molecule has 0 radical (unpaired) electrons. The molecule has 0 fully saturated rings. The lowest BCUT2D eigenvalue weighted by atomic mass is 10.1. The molecule has 0 aliphatic heterocycles. The molecule has 0 unspecified atom stereocenters. The molecule has 0 atom stereocenters. The summed E-state index contributed by atoms with van der Waals surface area (Å²) in [5.41, 5.74) is 1.81. The first-order valence-electron chi connectivity index (χ1n) is 5.44. The lowest BCUT2D eigenvalue weighted by Crippen LogP contribution is -1.95. The highest BCUT2D eigenvalue weighted by atomic mass is 35.5. The molecule has 0 saturated carbocycles. The van der Waals surface area contributed by atoms with Gasteiger partial charge in [-0.3, -0.25) is 0 Å². The topological polar surface area (TPSA) is 45.0 Å². The van der Waals surface area contributed by atoms with E-state index in [4.69, 9.17) is 33.2 Å². The quantitative estimate of drug-likeness (QED) is 0.898. The van der Waals surface area contributed by atoms with E-state index >= 15 is 0 Å². The average Bonchev–Trinajstić information content (AvgIpc) is 2.41. The monoisotopic (exact) mass is 292 g/mol. The third-order valence-corrected chi connectivity index (χ3v) is 3.10. The first-order valence-corrected chi connectivity index (χ1v) is 6.20. The van der Waals surface area contributed by atoms with Crippen LogP contribution < -0.4 is 10.1 Å². The van der Waals surface area contributed by atoms with Gasteiger partial charge in [0, 0.05) is 11.1 Å². The molecule has 0 aliphatic rings. The van der Waals surface area contributed by atoms with Crippen molar-refractivity contribution in [1.29, 1.82) is 5.26 Å². The number of anilines is 2. The first-order chi connectivity index (χ1) is 9.13. The fourth-order valence-electron chi connectivity index (χ4n) is 1.59. The molecule has 2 aromatic carbocycles. The van der Waals surface area contributed by atoms with Crippen molar-refractivity contribution >= 4 is 34.6 Å². The Hall–Kier alpha value is -1.89. The second-order valence-corrected chi connectivity index (χ2v) is 4.62. The van der Waals surface area contributed by atoms with Gasteiger partial charge in [-0.05, 0) is 30.3 Å². The van der Waals surface area contributed by atoms with E-state index in [1.807, 2.05) is 0 Å². The van der Waals surface area contributed by atoms with Gasteiger partial charge in [-0.2, -0.15) is 5.26 Å². The van der Waals surface area contributed by atoms with Gasteiger partial charge in [-0.25, -0.2) is 0 Å². The van der Waals surface area contributed by atoms with Crippen LogP contribution in [0.5, 0.6) is 5.75 Å². The predicted molar refractivity (Wildman–Crippen MR) is 77.5 cm³/mol. The zero-order valence-electron chi connectivity index (χ0n) is 10.1. The van der Waals surface area contributed by atoms with E-state index in [9.17, 15) is 0 Å². The first kappa shape index (κ1) is 13.5. The van der Waals surface area contributed by atoms with Crippen LogP contribution in [0.3, 0.4) is 0 Å². The standard InChI is InChI=1S/C14H10Cl2N2O/c1-19-11-4-2-9(8-17)14(7-11)18-13-5-3-10(15)6-12(13)16/h2-7,18H,1H3. The molecule has 96 valence electrons. The molecule has 19 heavy (non-hydrogen) atoms. The van der Waals surface area contributed by atoms with Gasteiger partial charge in [0.1, 0.15) is 11.8 Å². The molecule has 0 saturated heterocycles. The Morgan fingerprint density at radius 1 is 1.11 bits per heavy atom. The highest BCUT2D eigenvalue weighted by molar-refractivity contribution is 6.36. The van der Waals surface area contributed by atoms with Crippen molar-refractivity contribution in [3.8, 4) is 11.8 Å². The summed E-state index contributed by atoms with van der Waals surface area (Å²) in [4.78, 5) is 0. The lowest BCUT2D eigenvalue weighted by Gasteiger charge is -2.11. The highest BCUT2D eigenvalue weighted by Gasteiger charge is 2.07. The van der Waals surface area contributed by atoms with Gasteiger partial charge in [0.05, 0.1) is 29.1 Å². The molecule has 3 nitrogen and oxygen atoms in total. The zero-order valence-corrected chi connectivity index (χ0v) is 11.6. The number of nitriles is 1. The zero-order chi connectivity index (χ0) is 13.8. The fourth-order valence-corrected chi connectivity index (χ4v) is 2.04. The molecule has 0 aliphatic carbocycles. The molecule has 0 heterocycles. The number of rotatable bonds is 3. The van der Waals surface area contributed by atoms with Crippen LogP contribution in [0.25, 0.3) is 0 Å². The Morgan fingerprint density at radius 2 is 1.89 bits per heavy atom. The van der Waals surface area contributed by atoms with Crippen LogP contribution in [-0.2, 0) is 0 Å². The summed E-state index contributed by atoms with van der Waals surface area (Å²) >= 11 is 11.9. The second-order valence-electron chi connectivity index (χ2n) is 3.77. The Labute approximate surface area is 121 Å². The number of nitrogens with zero attached hydrogens (tertiary/aromatic N) is 1. The maximum atomic E-state index is 9.09. The normalized spacial score (nSPS) is 9.79. The number of hydrogen-bond donors (Lipinski definition) is 1. The summed E-state index contributed by atoms with van der Waals surface area (Å²) < 4.78 is 5.14. The maximum Gasteiger partial charge on any atom is 0.121 e. The van der Waals surface area contributed by atoms with Crippen molar-refractivity contribution in [2.45, 2.75) is 0 Å². The van der Waals surface area contributed by atoms with Crippen molar-refractivity contribution in [3.05, 3.63) is 52.0 Å². The SMILES string of the molecule is COc1ccc(C#N)c(Nc2ccc(Cl)cc2Cl)c1. The highest BCUT2D eigenvalue weighted by Crippen LogP contribution is 2.31. The Morgan fingerprint density at radius 3 is 2.53 bits per heavy atom. The van der Waals surface area contributed by atoms with E-state index < -0.39 is 0 Å². The van der Waals surface area contributed by atoms with Crippen LogP contribution in [-0.4, -0.2) is 7.11 Å². The van der Waals surface area contributed by atoms with Gasteiger partial charge < -0.3 is 10.1 Å². The van der Waals surface area contributed by atoms with Crippen molar-refractivity contribution < 1.29 is 4.74 Å². The molecular formula is C14H10Cl2N2O. The number of benzene rings is 2. The maximum absolute atomic E-state index is 9.09. The van der Waals surface area contributed by atoms with Gasteiger partial charge in [0.2, 0.25) is 0 Å². The molecule has 0 aromatic heterocycles. The molecule has 5 heteroatoms. The van der Waals surface area contributed by atoms with E-state index in [1.54, 1.807) is 43.5 Å². The van der Waals surface area contributed by atoms with Crippen molar-refractivity contribution in [2.75, 3.05) is 12.4 Å². The molecule has 2 aromatic rings. The predicted octanol–water partition coefficient (Wildman–Crippen LogP) is 4.62. The third-order valence-electron chi connectivity index (χ3n) is 2.55. The minimum Gasteiger partial charge on any atom is -0.497 e. The Bertz CT molecular complexity index is 650. The fraction of sp³-hybridized carbons (Fsp3) is 0.0714. The summed E-state index contributed by atoms with van der Waals surface area (Å²) in [6, 6.07) is 12.4. The van der Waals surface area contributed by atoms with Crippen LogP contribution in [0.4, 0.5) is 11.4 Å². The number of hydrogen-bond acceptors (Lipinski definition) is 3. The van der Waals surface area contributed by atoms with Crippen LogP contribution in [0.1, 0.15) is 5.56 Å². The summed E-state index contributed by atoms with van der Waals surface area (Å²) in [5.74, 6) is 0.659. The minimum atomic E-state index is 0.485.